The van der Waals surface area contributed by atoms with E-state index in [4.69, 9.17) is 18.9 Å². The molecule has 6 aromatic carbocycles. The summed E-state index contributed by atoms with van der Waals surface area (Å²) in [6, 6.07) is 42.2. The second-order valence-electron chi connectivity index (χ2n) is 9.58. The van der Waals surface area contributed by atoms with Crippen LogP contribution in [0.1, 0.15) is 0 Å². The third-order valence-electron chi connectivity index (χ3n) is 7.13. The zero-order chi connectivity index (χ0) is 27.3. The predicted octanol–water partition coefficient (Wildman–Crippen LogP) is 8.96. The number of rotatable bonds is 9. The molecule has 0 N–H and O–H groups in total. The van der Waals surface area contributed by atoms with E-state index in [-0.39, 0.29) is 13.6 Å². The number of benzene rings is 6. The maximum Gasteiger partial charge on any atom is 0.188 e. The molecule has 4 heteroatoms. The van der Waals surface area contributed by atoms with Crippen LogP contribution in [0.15, 0.2) is 121 Å². The monoisotopic (exact) mass is 526 g/mol. The van der Waals surface area contributed by atoms with Crippen molar-refractivity contribution < 1.29 is 18.9 Å². The van der Waals surface area contributed by atoms with Crippen LogP contribution in [0, 0.1) is 0 Å². The van der Waals surface area contributed by atoms with Crippen LogP contribution < -0.4 is 9.47 Å². The molecule has 0 atom stereocenters. The van der Waals surface area contributed by atoms with Crippen molar-refractivity contribution >= 4 is 21.5 Å². The van der Waals surface area contributed by atoms with Gasteiger partial charge < -0.3 is 18.9 Å². The summed E-state index contributed by atoms with van der Waals surface area (Å²) in [4.78, 5) is 0. The van der Waals surface area contributed by atoms with Crippen LogP contribution in [-0.2, 0) is 9.47 Å². The van der Waals surface area contributed by atoms with E-state index in [0.29, 0.717) is 0 Å². The molecule has 0 spiro atoms. The van der Waals surface area contributed by atoms with Crippen LogP contribution in [0.3, 0.4) is 0 Å². The van der Waals surface area contributed by atoms with E-state index >= 15 is 0 Å². The molecule has 0 aliphatic heterocycles. The van der Waals surface area contributed by atoms with Gasteiger partial charge >= 0.3 is 0 Å². The van der Waals surface area contributed by atoms with Crippen molar-refractivity contribution in [2.45, 2.75) is 0 Å². The van der Waals surface area contributed by atoms with Gasteiger partial charge in [-0.3, -0.25) is 0 Å². The summed E-state index contributed by atoms with van der Waals surface area (Å²) in [5.41, 5.74) is 6.61. The van der Waals surface area contributed by atoms with Gasteiger partial charge in [-0.15, -0.1) is 0 Å². The maximum absolute atomic E-state index is 5.94. The van der Waals surface area contributed by atoms with Crippen LogP contribution in [0.2, 0.25) is 0 Å². The molecule has 0 radical (unpaired) electrons. The lowest BCUT2D eigenvalue weighted by Gasteiger charge is -2.15. The number of methoxy groups -OCH3 is 2. The van der Waals surface area contributed by atoms with Gasteiger partial charge in [0.2, 0.25) is 0 Å². The number of hydrogen-bond donors (Lipinski definition) is 0. The molecule has 0 aliphatic carbocycles. The Hall–Kier alpha value is -4.64. The van der Waals surface area contributed by atoms with Gasteiger partial charge in [0, 0.05) is 25.3 Å². The highest BCUT2D eigenvalue weighted by molar-refractivity contribution is 6.01. The van der Waals surface area contributed by atoms with Crippen molar-refractivity contribution in [3.05, 3.63) is 121 Å². The third-order valence-corrected chi connectivity index (χ3v) is 7.13. The standard InChI is InChI=1S/C36H30O4/c1-37-23-39-33-21-19-27-7-3-5-9-31(27)35(33)29-15-11-25(12-16-29)26-13-17-30(18-14-26)36-32-10-6-4-8-28(32)20-22-34(36)40-24-38-2/h3-22H,23-24H2,1-2H3. The minimum atomic E-state index is 0.199. The summed E-state index contributed by atoms with van der Waals surface area (Å²) in [6.45, 7) is 0.398. The SMILES string of the molecule is COCOc1ccc2ccccc2c1-c1ccc(-c2ccc(-c3c(OCOC)ccc4ccccc34)cc2)cc1. The molecule has 0 aliphatic rings. The fraction of sp³-hybridized carbons (Fsp3) is 0.111. The topological polar surface area (TPSA) is 36.9 Å². The lowest BCUT2D eigenvalue weighted by Crippen LogP contribution is -2.00. The molecule has 0 saturated heterocycles. The van der Waals surface area contributed by atoms with Crippen LogP contribution >= 0.6 is 0 Å². The summed E-state index contributed by atoms with van der Waals surface area (Å²) in [5.74, 6) is 1.61. The zero-order valence-corrected chi connectivity index (χ0v) is 22.6. The molecule has 40 heavy (non-hydrogen) atoms. The maximum atomic E-state index is 5.94. The Kier molecular flexibility index (Phi) is 7.45. The van der Waals surface area contributed by atoms with Crippen molar-refractivity contribution in [1.29, 1.82) is 0 Å². The molecule has 6 rings (SSSR count). The quantitative estimate of drug-likeness (QED) is 0.176. The van der Waals surface area contributed by atoms with Crippen molar-refractivity contribution in [2.75, 3.05) is 27.8 Å². The van der Waals surface area contributed by atoms with E-state index in [2.05, 4.69) is 109 Å². The molecule has 4 nitrogen and oxygen atoms in total. The number of hydrogen-bond acceptors (Lipinski definition) is 4. The lowest BCUT2D eigenvalue weighted by molar-refractivity contribution is 0.0514. The van der Waals surface area contributed by atoms with Crippen LogP contribution in [-0.4, -0.2) is 27.8 Å². The minimum Gasteiger partial charge on any atom is -0.467 e. The fourth-order valence-electron chi connectivity index (χ4n) is 5.24. The third kappa shape index (κ3) is 5.03. The second kappa shape index (κ2) is 11.6. The molecule has 0 heterocycles. The van der Waals surface area contributed by atoms with Crippen molar-refractivity contribution in [1.82, 2.24) is 0 Å². The van der Waals surface area contributed by atoms with Gasteiger partial charge in [0.1, 0.15) is 11.5 Å². The van der Waals surface area contributed by atoms with E-state index in [0.717, 1.165) is 55.7 Å². The van der Waals surface area contributed by atoms with Crippen LogP contribution in [0.25, 0.3) is 54.9 Å². The van der Waals surface area contributed by atoms with E-state index in [1.165, 1.54) is 10.8 Å². The Labute approximate surface area is 234 Å². The molecule has 198 valence electrons. The summed E-state index contributed by atoms with van der Waals surface area (Å²) in [6.07, 6.45) is 0. The van der Waals surface area contributed by atoms with Gasteiger partial charge in [-0.1, -0.05) is 109 Å². The van der Waals surface area contributed by atoms with Crippen LogP contribution in [0.4, 0.5) is 0 Å². The van der Waals surface area contributed by atoms with Crippen LogP contribution in [0.5, 0.6) is 11.5 Å². The molecule has 0 bridgehead atoms. The normalized spacial score (nSPS) is 11.2. The summed E-state index contributed by atoms with van der Waals surface area (Å²) in [5, 5.41) is 4.64. The van der Waals surface area contributed by atoms with E-state index < -0.39 is 0 Å². The van der Waals surface area contributed by atoms with Crippen molar-refractivity contribution in [3.8, 4) is 44.9 Å². The van der Waals surface area contributed by atoms with E-state index in [9.17, 15) is 0 Å². The molecule has 0 aromatic heterocycles. The first-order valence-electron chi connectivity index (χ1n) is 13.2. The number of fused-ring (bicyclic) bond motifs is 2. The molecular weight excluding hydrogens is 496 g/mol. The molecule has 6 aromatic rings. The number of ether oxygens (including phenoxy) is 4. The molecule has 0 amide bonds. The van der Waals surface area contributed by atoms with Gasteiger partial charge in [0.25, 0.3) is 0 Å². The molecular formula is C36H30O4. The summed E-state index contributed by atoms with van der Waals surface area (Å²) >= 11 is 0. The average molecular weight is 527 g/mol. The first kappa shape index (κ1) is 25.6. The fourth-order valence-corrected chi connectivity index (χ4v) is 5.24. The summed E-state index contributed by atoms with van der Waals surface area (Å²) < 4.78 is 22.2. The largest absolute Gasteiger partial charge is 0.467 e. The lowest BCUT2D eigenvalue weighted by atomic mass is 9.93. The highest BCUT2D eigenvalue weighted by atomic mass is 16.7. The first-order chi connectivity index (χ1) is 19.8. The Bertz CT molecular complexity index is 1620. The average Bonchev–Trinajstić information content (AvgIpc) is 3.02. The van der Waals surface area contributed by atoms with Gasteiger partial charge in [0.15, 0.2) is 13.6 Å². The Morgan fingerprint density at radius 1 is 0.400 bits per heavy atom. The highest BCUT2D eigenvalue weighted by Crippen LogP contribution is 2.40. The molecule has 0 fully saturated rings. The van der Waals surface area contributed by atoms with E-state index in [1.807, 2.05) is 12.1 Å². The van der Waals surface area contributed by atoms with Gasteiger partial charge in [-0.25, -0.2) is 0 Å². The second-order valence-corrected chi connectivity index (χ2v) is 9.58. The Balaban J connectivity index is 1.35. The Morgan fingerprint density at radius 3 is 1.18 bits per heavy atom. The first-order valence-corrected chi connectivity index (χ1v) is 13.2. The van der Waals surface area contributed by atoms with Gasteiger partial charge in [0.05, 0.1) is 0 Å². The Morgan fingerprint density at radius 2 is 0.775 bits per heavy atom. The van der Waals surface area contributed by atoms with Crippen molar-refractivity contribution in [3.63, 3.8) is 0 Å². The van der Waals surface area contributed by atoms with E-state index in [1.54, 1.807) is 14.2 Å². The summed E-state index contributed by atoms with van der Waals surface area (Å²) in [7, 11) is 3.27. The predicted molar refractivity (Wildman–Crippen MR) is 163 cm³/mol. The smallest absolute Gasteiger partial charge is 0.188 e. The zero-order valence-electron chi connectivity index (χ0n) is 22.6. The van der Waals surface area contributed by atoms with Crippen molar-refractivity contribution in [2.24, 2.45) is 0 Å². The van der Waals surface area contributed by atoms with Gasteiger partial charge in [-0.2, -0.15) is 0 Å². The highest BCUT2D eigenvalue weighted by Gasteiger charge is 2.14. The molecule has 0 unspecified atom stereocenters. The minimum absolute atomic E-state index is 0.199. The van der Waals surface area contributed by atoms with Gasteiger partial charge in [-0.05, 0) is 55.9 Å². The molecule has 0 saturated carbocycles.